The Bertz CT molecular complexity index is 828. The van der Waals surface area contributed by atoms with E-state index in [0.717, 1.165) is 28.7 Å². The number of pyridine rings is 1. The Balaban J connectivity index is 1.94. The number of hydrogen-bond acceptors (Lipinski definition) is 3. The van der Waals surface area contributed by atoms with Crippen LogP contribution in [0.5, 0.6) is 0 Å². The lowest BCUT2D eigenvalue weighted by atomic mass is 10.1. The van der Waals surface area contributed by atoms with Gasteiger partial charge < -0.3 is 5.32 Å². The molecule has 0 aliphatic carbocycles. The minimum absolute atomic E-state index is 0.0686. The van der Waals surface area contributed by atoms with E-state index in [4.69, 9.17) is 0 Å². The second kappa shape index (κ2) is 7.37. The SMILES string of the molecule is CNC(=O)Cn1nc(-c2ccncc2)cc1Cc1ccc(P)cc1. The smallest absolute Gasteiger partial charge is 0.241 e. The molecule has 0 bridgehead atoms. The van der Waals surface area contributed by atoms with E-state index in [1.807, 2.05) is 18.2 Å². The topological polar surface area (TPSA) is 59.8 Å². The van der Waals surface area contributed by atoms with E-state index in [0.29, 0.717) is 0 Å². The predicted molar refractivity (Wildman–Crippen MR) is 98.1 cm³/mol. The van der Waals surface area contributed by atoms with Gasteiger partial charge in [0.2, 0.25) is 5.91 Å². The van der Waals surface area contributed by atoms with Crippen LogP contribution in [0.3, 0.4) is 0 Å². The molecule has 6 heteroatoms. The molecule has 122 valence electrons. The summed E-state index contributed by atoms with van der Waals surface area (Å²) in [4.78, 5) is 15.8. The normalized spacial score (nSPS) is 10.6. The molecule has 1 unspecified atom stereocenters. The highest BCUT2D eigenvalue weighted by atomic mass is 31.0. The molecular weight excluding hydrogens is 319 g/mol. The highest BCUT2D eigenvalue weighted by Crippen LogP contribution is 2.20. The summed E-state index contributed by atoms with van der Waals surface area (Å²) in [5.74, 6) is -0.0686. The number of likely N-dealkylation sites (N-methyl/N-ethyl adjacent to an activating group) is 1. The van der Waals surface area contributed by atoms with Crippen LogP contribution in [-0.4, -0.2) is 27.7 Å². The molecule has 3 rings (SSSR count). The Hall–Kier alpha value is -2.52. The van der Waals surface area contributed by atoms with Crippen molar-refractivity contribution >= 4 is 20.5 Å². The molecule has 0 spiro atoms. The fourth-order valence-corrected chi connectivity index (χ4v) is 2.65. The van der Waals surface area contributed by atoms with Crippen molar-refractivity contribution in [1.29, 1.82) is 0 Å². The molecule has 0 aliphatic rings. The Morgan fingerprint density at radius 3 is 2.54 bits per heavy atom. The van der Waals surface area contributed by atoms with Crippen molar-refractivity contribution < 1.29 is 4.79 Å². The van der Waals surface area contributed by atoms with Gasteiger partial charge in [0.25, 0.3) is 0 Å². The van der Waals surface area contributed by atoms with E-state index in [9.17, 15) is 4.79 Å². The van der Waals surface area contributed by atoms with E-state index in [1.165, 1.54) is 5.56 Å². The van der Waals surface area contributed by atoms with Crippen LogP contribution >= 0.6 is 9.24 Å². The van der Waals surface area contributed by atoms with Crippen LogP contribution < -0.4 is 10.6 Å². The summed E-state index contributed by atoms with van der Waals surface area (Å²) in [7, 11) is 4.31. The predicted octanol–water partition coefficient (Wildman–Crippen LogP) is 1.78. The van der Waals surface area contributed by atoms with E-state index in [2.05, 4.69) is 48.9 Å². The Morgan fingerprint density at radius 1 is 1.17 bits per heavy atom. The molecule has 3 aromatic rings. The number of nitrogens with zero attached hydrogens (tertiary/aromatic N) is 3. The molecule has 1 amide bonds. The van der Waals surface area contributed by atoms with Crippen LogP contribution in [0.15, 0.2) is 54.9 Å². The summed E-state index contributed by atoms with van der Waals surface area (Å²) in [5.41, 5.74) is 4.02. The number of aromatic nitrogens is 3. The minimum Gasteiger partial charge on any atom is -0.358 e. The Kier molecular flexibility index (Phi) is 5.02. The van der Waals surface area contributed by atoms with Crippen LogP contribution in [-0.2, 0) is 17.8 Å². The van der Waals surface area contributed by atoms with E-state index >= 15 is 0 Å². The molecule has 1 atom stereocenters. The minimum atomic E-state index is -0.0686. The maximum Gasteiger partial charge on any atom is 0.241 e. The first-order valence-corrected chi connectivity index (χ1v) is 8.25. The summed E-state index contributed by atoms with van der Waals surface area (Å²) in [5, 5.41) is 8.40. The molecule has 2 aromatic heterocycles. The number of carbonyl (C=O) groups excluding carboxylic acids is 1. The standard InChI is InChI=1S/C18H19N4OP/c1-19-18(23)12-22-15(10-13-2-4-16(24)5-3-13)11-17(21-22)14-6-8-20-9-7-14/h2-9,11H,10,12,24H2,1H3,(H,19,23). The van der Waals surface area contributed by atoms with Gasteiger partial charge in [-0.15, -0.1) is 9.24 Å². The molecule has 0 fully saturated rings. The lowest BCUT2D eigenvalue weighted by Gasteiger charge is -2.07. The third-order valence-corrected chi connectivity index (χ3v) is 4.16. The monoisotopic (exact) mass is 338 g/mol. The van der Waals surface area contributed by atoms with Crippen LogP contribution in [0.25, 0.3) is 11.3 Å². The lowest BCUT2D eigenvalue weighted by molar-refractivity contribution is -0.121. The van der Waals surface area contributed by atoms with Crippen molar-refractivity contribution in [3.63, 3.8) is 0 Å². The summed E-state index contributed by atoms with van der Waals surface area (Å²) in [6.45, 7) is 0.207. The molecule has 0 saturated carbocycles. The van der Waals surface area contributed by atoms with Gasteiger partial charge in [-0.2, -0.15) is 5.10 Å². The summed E-state index contributed by atoms with van der Waals surface area (Å²) in [6.07, 6.45) is 4.20. The molecule has 5 nitrogen and oxygen atoms in total. The van der Waals surface area contributed by atoms with Gasteiger partial charge in [0.05, 0.1) is 5.69 Å². The second-order valence-corrected chi connectivity index (χ2v) is 6.17. The maximum atomic E-state index is 11.8. The average molecular weight is 338 g/mol. The number of benzene rings is 1. The van der Waals surface area contributed by atoms with Gasteiger partial charge in [-0.25, -0.2) is 0 Å². The number of amides is 1. The molecule has 24 heavy (non-hydrogen) atoms. The zero-order valence-electron chi connectivity index (χ0n) is 13.4. The van der Waals surface area contributed by atoms with Crippen LogP contribution in [0.4, 0.5) is 0 Å². The first kappa shape index (κ1) is 16.3. The molecular formula is C18H19N4OP. The van der Waals surface area contributed by atoms with Gasteiger partial charge in [0.15, 0.2) is 0 Å². The van der Waals surface area contributed by atoms with Gasteiger partial charge in [-0.05, 0) is 29.1 Å². The van der Waals surface area contributed by atoms with Gasteiger partial charge in [0, 0.05) is 37.1 Å². The zero-order valence-corrected chi connectivity index (χ0v) is 14.6. The van der Waals surface area contributed by atoms with E-state index in [1.54, 1.807) is 24.1 Å². The lowest BCUT2D eigenvalue weighted by Crippen LogP contribution is -2.25. The van der Waals surface area contributed by atoms with Crippen molar-refractivity contribution in [2.45, 2.75) is 13.0 Å². The van der Waals surface area contributed by atoms with Gasteiger partial charge in [-0.1, -0.05) is 24.3 Å². The third-order valence-electron chi connectivity index (χ3n) is 3.78. The van der Waals surface area contributed by atoms with Crippen molar-refractivity contribution in [3.05, 3.63) is 66.1 Å². The van der Waals surface area contributed by atoms with Gasteiger partial charge in [-0.3, -0.25) is 14.5 Å². The highest BCUT2D eigenvalue weighted by molar-refractivity contribution is 7.27. The van der Waals surface area contributed by atoms with Crippen LogP contribution in [0.1, 0.15) is 11.3 Å². The quantitative estimate of drug-likeness (QED) is 0.722. The molecule has 0 aliphatic heterocycles. The molecule has 0 radical (unpaired) electrons. The third kappa shape index (κ3) is 3.87. The molecule has 2 heterocycles. The van der Waals surface area contributed by atoms with Crippen molar-refractivity contribution in [2.24, 2.45) is 0 Å². The van der Waals surface area contributed by atoms with Crippen LogP contribution in [0.2, 0.25) is 0 Å². The Morgan fingerprint density at radius 2 is 1.88 bits per heavy atom. The first-order chi connectivity index (χ1) is 11.7. The van der Waals surface area contributed by atoms with Gasteiger partial charge in [0.1, 0.15) is 6.54 Å². The molecule has 1 aromatic carbocycles. The summed E-state index contributed by atoms with van der Waals surface area (Å²) < 4.78 is 1.77. The fourth-order valence-electron chi connectivity index (χ4n) is 2.46. The van der Waals surface area contributed by atoms with Crippen molar-refractivity contribution in [2.75, 3.05) is 7.05 Å². The number of hydrogen-bond donors (Lipinski definition) is 1. The second-order valence-electron chi connectivity index (χ2n) is 5.51. The Labute approximate surface area is 143 Å². The largest absolute Gasteiger partial charge is 0.358 e. The van der Waals surface area contributed by atoms with Crippen LogP contribution in [0, 0.1) is 0 Å². The van der Waals surface area contributed by atoms with Crippen molar-refractivity contribution in [3.8, 4) is 11.3 Å². The average Bonchev–Trinajstić information content (AvgIpc) is 3.00. The fraction of sp³-hybridized carbons (Fsp3) is 0.167. The zero-order chi connectivity index (χ0) is 16.9. The maximum absolute atomic E-state index is 11.8. The highest BCUT2D eigenvalue weighted by Gasteiger charge is 2.12. The van der Waals surface area contributed by atoms with Crippen molar-refractivity contribution in [1.82, 2.24) is 20.1 Å². The van der Waals surface area contributed by atoms with E-state index < -0.39 is 0 Å². The molecule has 0 saturated heterocycles. The number of carbonyl (C=O) groups is 1. The molecule has 1 N–H and O–H groups in total. The number of nitrogens with one attached hydrogen (secondary N) is 1. The number of rotatable bonds is 5. The van der Waals surface area contributed by atoms with E-state index in [-0.39, 0.29) is 12.5 Å². The summed E-state index contributed by atoms with van der Waals surface area (Å²) >= 11 is 0. The first-order valence-electron chi connectivity index (χ1n) is 7.68. The summed E-state index contributed by atoms with van der Waals surface area (Å²) in [6, 6.07) is 14.2. The van der Waals surface area contributed by atoms with Gasteiger partial charge >= 0.3 is 0 Å².